The average Bonchev–Trinajstić information content (AvgIpc) is 2.77. The van der Waals surface area contributed by atoms with Gasteiger partial charge in [0.15, 0.2) is 11.5 Å². The Balaban J connectivity index is 2.09. The van der Waals surface area contributed by atoms with Crippen LogP contribution in [0.3, 0.4) is 0 Å². The molecule has 0 aliphatic heterocycles. The largest absolute Gasteiger partial charge is 0.503 e. The van der Waals surface area contributed by atoms with Gasteiger partial charge in [-0.3, -0.25) is 4.79 Å². The van der Waals surface area contributed by atoms with E-state index in [9.17, 15) is 14.7 Å². The molecule has 0 bridgehead atoms. The fourth-order valence-corrected chi connectivity index (χ4v) is 3.44. The molecule has 2 rings (SSSR count). The second kappa shape index (κ2) is 12.7. The van der Waals surface area contributed by atoms with E-state index in [1.165, 1.54) is 13.3 Å². The SMILES string of the molecule is COc1cc(/C=N\NC(=O)[C@H](COCc2ccccc2)NC(=O)OC(C)(C)C)c(Br)c(Br)c1O. The van der Waals surface area contributed by atoms with Gasteiger partial charge >= 0.3 is 6.09 Å². The van der Waals surface area contributed by atoms with Crippen molar-refractivity contribution < 1.29 is 28.9 Å². The van der Waals surface area contributed by atoms with Crippen LogP contribution in [0.25, 0.3) is 0 Å². The Morgan fingerprint density at radius 2 is 1.85 bits per heavy atom. The maximum absolute atomic E-state index is 12.7. The van der Waals surface area contributed by atoms with Crippen molar-refractivity contribution in [3.63, 3.8) is 0 Å². The number of alkyl carbamates (subject to hydrolysis) is 1. The van der Waals surface area contributed by atoms with E-state index in [1.807, 2.05) is 30.3 Å². The minimum Gasteiger partial charge on any atom is -0.503 e. The fourth-order valence-electron chi connectivity index (χ4n) is 2.61. The first-order valence-electron chi connectivity index (χ1n) is 10.2. The van der Waals surface area contributed by atoms with E-state index in [-0.39, 0.29) is 24.7 Å². The molecule has 0 aromatic heterocycles. The van der Waals surface area contributed by atoms with Crippen LogP contribution in [0.15, 0.2) is 50.4 Å². The number of halogens is 2. The first-order valence-corrected chi connectivity index (χ1v) is 11.8. The van der Waals surface area contributed by atoms with Gasteiger partial charge in [0.1, 0.15) is 11.6 Å². The van der Waals surface area contributed by atoms with Gasteiger partial charge in [0.05, 0.1) is 31.0 Å². The lowest BCUT2D eigenvalue weighted by molar-refractivity contribution is -0.124. The van der Waals surface area contributed by atoms with E-state index >= 15 is 0 Å². The van der Waals surface area contributed by atoms with Crippen molar-refractivity contribution in [1.29, 1.82) is 0 Å². The highest BCUT2D eigenvalue weighted by Gasteiger charge is 2.24. The molecular weight excluding hydrogens is 574 g/mol. The number of carbonyl (C=O) groups excluding carboxylic acids is 2. The van der Waals surface area contributed by atoms with Crippen LogP contribution in [0.2, 0.25) is 0 Å². The molecule has 0 unspecified atom stereocenters. The third-order valence-corrected chi connectivity index (χ3v) is 6.33. The highest BCUT2D eigenvalue weighted by atomic mass is 79.9. The lowest BCUT2D eigenvalue weighted by atomic mass is 10.2. The summed E-state index contributed by atoms with van der Waals surface area (Å²) in [4.78, 5) is 25.0. The molecule has 34 heavy (non-hydrogen) atoms. The Morgan fingerprint density at radius 3 is 2.47 bits per heavy atom. The van der Waals surface area contributed by atoms with E-state index < -0.39 is 23.6 Å². The first-order chi connectivity index (χ1) is 16.0. The molecule has 11 heteroatoms. The van der Waals surface area contributed by atoms with Crippen molar-refractivity contribution in [2.45, 2.75) is 39.0 Å². The number of ether oxygens (including phenoxy) is 3. The molecule has 0 aliphatic rings. The molecule has 0 aliphatic carbocycles. The molecule has 0 radical (unpaired) electrons. The number of methoxy groups -OCH3 is 1. The molecule has 2 aromatic rings. The highest BCUT2D eigenvalue weighted by molar-refractivity contribution is 9.13. The van der Waals surface area contributed by atoms with Crippen molar-refractivity contribution in [2.24, 2.45) is 5.10 Å². The van der Waals surface area contributed by atoms with E-state index in [4.69, 9.17) is 14.2 Å². The summed E-state index contributed by atoms with van der Waals surface area (Å²) in [5.41, 5.74) is 3.11. The first kappa shape index (κ1) is 27.6. The number of aromatic hydroxyl groups is 1. The predicted molar refractivity (Wildman–Crippen MR) is 135 cm³/mol. The Morgan fingerprint density at radius 1 is 1.18 bits per heavy atom. The number of nitrogens with one attached hydrogen (secondary N) is 2. The summed E-state index contributed by atoms with van der Waals surface area (Å²) in [6.45, 7) is 5.33. The summed E-state index contributed by atoms with van der Waals surface area (Å²) in [5, 5.41) is 16.5. The van der Waals surface area contributed by atoms with E-state index in [1.54, 1.807) is 26.8 Å². The van der Waals surface area contributed by atoms with Crippen molar-refractivity contribution in [3.05, 3.63) is 56.5 Å². The molecular formula is C23H27Br2N3O6. The zero-order chi connectivity index (χ0) is 25.3. The van der Waals surface area contributed by atoms with Crippen molar-refractivity contribution in [2.75, 3.05) is 13.7 Å². The van der Waals surface area contributed by atoms with Gasteiger partial charge in [-0.15, -0.1) is 0 Å². The topological polar surface area (TPSA) is 118 Å². The quantitative estimate of drug-likeness (QED) is 0.288. The van der Waals surface area contributed by atoms with E-state index in [2.05, 4.69) is 47.7 Å². The average molecular weight is 601 g/mol. The van der Waals surface area contributed by atoms with Gasteiger partial charge in [-0.2, -0.15) is 5.10 Å². The van der Waals surface area contributed by atoms with E-state index in [0.717, 1.165) is 5.56 Å². The van der Waals surface area contributed by atoms with Gasteiger partial charge in [-0.05, 0) is 64.3 Å². The van der Waals surface area contributed by atoms with Gasteiger partial charge in [0.25, 0.3) is 5.91 Å². The molecule has 0 heterocycles. The van der Waals surface area contributed by atoms with Gasteiger partial charge in [0.2, 0.25) is 0 Å². The number of hydrogen-bond acceptors (Lipinski definition) is 7. The molecule has 0 saturated carbocycles. The normalized spacial score (nSPS) is 12.3. The summed E-state index contributed by atoms with van der Waals surface area (Å²) >= 11 is 6.61. The summed E-state index contributed by atoms with van der Waals surface area (Å²) in [6, 6.07) is 9.92. The molecule has 9 nitrogen and oxygen atoms in total. The Kier molecular flexibility index (Phi) is 10.3. The van der Waals surface area contributed by atoms with Gasteiger partial charge in [-0.1, -0.05) is 30.3 Å². The highest BCUT2D eigenvalue weighted by Crippen LogP contribution is 2.41. The van der Waals surface area contributed by atoms with Crippen LogP contribution in [-0.4, -0.2) is 48.7 Å². The third-order valence-electron chi connectivity index (χ3n) is 4.18. The minimum absolute atomic E-state index is 0.0762. The number of nitrogens with zero attached hydrogens (tertiary/aromatic N) is 1. The number of amides is 2. The number of carbonyl (C=O) groups is 2. The predicted octanol–water partition coefficient (Wildman–Crippen LogP) is 4.49. The zero-order valence-corrected chi connectivity index (χ0v) is 22.4. The van der Waals surface area contributed by atoms with Crippen LogP contribution in [0.5, 0.6) is 11.5 Å². The Labute approximate surface area is 215 Å². The number of phenols is 1. The number of benzene rings is 2. The third kappa shape index (κ3) is 8.62. The lowest BCUT2D eigenvalue weighted by Gasteiger charge is -2.22. The Bertz CT molecular complexity index is 1030. The van der Waals surface area contributed by atoms with E-state index in [0.29, 0.717) is 14.5 Å². The number of hydrazone groups is 1. The standard InChI is InChI=1S/C23H27Br2N3O6/c1-23(2,3)34-22(31)27-16(13-33-12-14-8-6-5-7-9-14)21(30)28-26-11-15-10-17(32-4)20(29)19(25)18(15)24/h5-11,16,29H,12-13H2,1-4H3,(H,27,31)(H,28,30)/b26-11-/t16-/m0/s1. The molecule has 2 aromatic carbocycles. The molecule has 184 valence electrons. The molecule has 0 saturated heterocycles. The lowest BCUT2D eigenvalue weighted by Crippen LogP contribution is -2.49. The van der Waals surface area contributed by atoms with Crippen molar-refractivity contribution in [3.8, 4) is 11.5 Å². The summed E-state index contributed by atoms with van der Waals surface area (Å²) in [6.07, 6.45) is 0.610. The van der Waals surface area contributed by atoms with Crippen LogP contribution in [0, 0.1) is 0 Å². The number of phenolic OH excluding ortho intramolecular Hbond substituents is 1. The van der Waals surface area contributed by atoms with Crippen LogP contribution < -0.4 is 15.5 Å². The molecule has 0 fully saturated rings. The van der Waals surface area contributed by atoms with Gasteiger partial charge < -0.3 is 24.6 Å². The molecule has 0 spiro atoms. The van der Waals surface area contributed by atoms with Crippen LogP contribution >= 0.6 is 31.9 Å². The summed E-state index contributed by atoms with van der Waals surface area (Å²) in [7, 11) is 1.42. The van der Waals surface area contributed by atoms with Gasteiger partial charge in [0, 0.05) is 10.0 Å². The maximum atomic E-state index is 12.7. The molecule has 1 atom stereocenters. The number of rotatable bonds is 9. The number of hydrogen-bond donors (Lipinski definition) is 3. The maximum Gasteiger partial charge on any atom is 0.408 e. The molecule has 3 N–H and O–H groups in total. The Hall–Kier alpha value is -2.63. The summed E-state index contributed by atoms with van der Waals surface area (Å²) in [5.74, 6) is -0.453. The second-order valence-electron chi connectivity index (χ2n) is 8.08. The minimum atomic E-state index is -1.06. The zero-order valence-electron chi connectivity index (χ0n) is 19.2. The fraction of sp³-hybridized carbons (Fsp3) is 0.348. The van der Waals surface area contributed by atoms with Crippen LogP contribution in [0.4, 0.5) is 4.79 Å². The van der Waals surface area contributed by atoms with Crippen LogP contribution in [0.1, 0.15) is 31.9 Å². The van der Waals surface area contributed by atoms with Crippen LogP contribution in [-0.2, 0) is 20.9 Å². The molecule has 2 amide bonds. The van der Waals surface area contributed by atoms with Crippen molar-refractivity contribution >= 4 is 50.1 Å². The monoisotopic (exact) mass is 599 g/mol. The smallest absolute Gasteiger partial charge is 0.408 e. The van der Waals surface area contributed by atoms with Gasteiger partial charge in [-0.25, -0.2) is 10.2 Å². The second-order valence-corrected chi connectivity index (χ2v) is 9.66. The summed E-state index contributed by atoms with van der Waals surface area (Å²) < 4.78 is 16.9. The van der Waals surface area contributed by atoms with Crippen molar-refractivity contribution in [1.82, 2.24) is 10.7 Å².